The maximum Gasteiger partial charge on any atom is 0.227 e. The fourth-order valence-electron chi connectivity index (χ4n) is 3.33. The van der Waals surface area contributed by atoms with E-state index in [2.05, 4.69) is 33.8 Å². The number of nitrogens with zero attached hydrogens (tertiary/aromatic N) is 1. The van der Waals surface area contributed by atoms with Crippen LogP contribution in [0.15, 0.2) is 42.0 Å². The Kier molecular flexibility index (Phi) is 5.47. The summed E-state index contributed by atoms with van der Waals surface area (Å²) < 4.78 is 0. The van der Waals surface area contributed by atoms with Gasteiger partial charge in [-0.15, -0.1) is 0 Å². The maximum absolute atomic E-state index is 13.1. The van der Waals surface area contributed by atoms with Gasteiger partial charge >= 0.3 is 0 Å². The van der Waals surface area contributed by atoms with Gasteiger partial charge in [-0.3, -0.25) is 9.59 Å². The number of carbonyl (C=O) groups excluding carboxylic acids is 2. The van der Waals surface area contributed by atoms with Crippen molar-refractivity contribution in [2.24, 2.45) is 23.0 Å². The fraction of sp³-hybridized carbons (Fsp3) is 0.500. The lowest BCUT2D eigenvalue weighted by atomic mass is 10.1. The summed E-state index contributed by atoms with van der Waals surface area (Å²) in [6, 6.07) is 9.86. The Morgan fingerprint density at radius 3 is 2.38 bits per heavy atom. The highest BCUT2D eigenvalue weighted by Gasteiger charge is 2.61. The highest BCUT2D eigenvalue weighted by Crippen LogP contribution is 2.60. The minimum absolute atomic E-state index is 0.0241. The van der Waals surface area contributed by atoms with Gasteiger partial charge in [0.15, 0.2) is 0 Å². The molecule has 2 atom stereocenters. The van der Waals surface area contributed by atoms with Crippen molar-refractivity contribution in [3.63, 3.8) is 0 Å². The zero-order chi connectivity index (χ0) is 17.9. The molecule has 0 aliphatic heterocycles. The van der Waals surface area contributed by atoms with Gasteiger partial charge in [0.1, 0.15) is 0 Å². The van der Waals surface area contributed by atoms with E-state index in [9.17, 15) is 9.59 Å². The third-order valence-electron chi connectivity index (χ3n) is 4.85. The van der Waals surface area contributed by atoms with Gasteiger partial charge in [0.25, 0.3) is 0 Å². The molecule has 1 fully saturated rings. The van der Waals surface area contributed by atoms with Crippen molar-refractivity contribution in [2.75, 3.05) is 6.54 Å². The second kappa shape index (κ2) is 7.20. The Balaban J connectivity index is 2.15. The predicted octanol–water partition coefficient (Wildman–Crippen LogP) is 3.13. The van der Waals surface area contributed by atoms with Crippen LogP contribution in [0.4, 0.5) is 0 Å². The van der Waals surface area contributed by atoms with Crippen LogP contribution in [-0.4, -0.2) is 23.3 Å². The molecule has 2 rings (SSSR count). The van der Waals surface area contributed by atoms with Crippen LogP contribution < -0.4 is 5.73 Å². The molecule has 130 valence electrons. The Hall–Kier alpha value is -2.10. The van der Waals surface area contributed by atoms with Crippen LogP contribution in [0, 0.1) is 17.3 Å². The van der Waals surface area contributed by atoms with Crippen molar-refractivity contribution in [1.29, 1.82) is 0 Å². The molecule has 2 amide bonds. The van der Waals surface area contributed by atoms with E-state index in [1.807, 2.05) is 30.3 Å². The molecule has 0 radical (unpaired) electrons. The van der Waals surface area contributed by atoms with Crippen molar-refractivity contribution in [3.8, 4) is 0 Å². The Labute approximate surface area is 144 Å². The number of allylic oxidation sites excluding steroid dienone is 2. The third kappa shape index (κ3) is 4.25. The van der Waals surface area contributed by atoms with Gasteiger partial charge in [-0.1, -0.05) is 55.8 Å². The first-order valence-corrected chi connectivity index (χ1v) is 8.49. The topological polar surface area (TPSA) is 63.4 Å². The van der Waals surface area contributed by atoms with Gasteiger partial charge in [0.05, 0.1) is 5.92 Å². The lowest BCUT2D eigenvalue weighted by molar-refractivity contribution is -0.134. The summed E-state index contributed by atoms with van der Waals surface area (Å²) in [7, 11) is 0. The van der Waals surface area contributed by atoms with E-state index in [4.69, 9.17) is 5.73 Å². The van der Waals surface area contributed by atoms with Crippen LogP contribution in [0.1, 0.15) is 39.7 Å². The Bertz CT molecular complexity index is 630. The molecule has 1 aromatic rings. The standard InChI is InChI=1S/C20H28N2O2/c1-14(2)12-16-18(20(16,3)4)19(24)22(11-10-17(21)23)13-15-8-6-5-7-9-15/h5-9,12,16,18H,10-11,13H2,1-4H3,(H2,21,23). The average molecular weight is 328 g/mol. The van der Waals surface area contributed by atoms with Gasteiger partial charge in [0, 0.05) is 19.5 Å². The zero-order valence-electron chi connectivity index (χ0n) is 15.1. The molecule has 0 heterocycles. The third-order valence-corrected chi connectivity index (χ3v) is 4.85. The van der Waals surface area contributed by atoms with Crippen LogP contribution in [0.25, 0.3) is 0 Å². The molecule has 0 aromatic heterocycles. The molecule has 4 heteroatoms. The van der Waals surface area contributed by atoms with E-state index in [0.717, 1.165) is 5.56 Å². The van der Waals surface area contributed by atoms with Crippen LogP contribution in [-0.2, 0) is 16.1 Å². The summed E-state index contributed by atoms with van der Waals surface area (Å²) in [5, 5.41) is 0. The number of rotatable bonds is 7. The van der Waals surface area contributed by atoms with Crippen molar-refractivity contribution < 1.29 is 9.59 Å². The molecule has 2 N–H and O–H groups in total. The van der Waals surface area contributed by atoms with Crippen LogP contribution in [0.5, 0.6) is 0 Å². The van der Waals surface area contributed by atoms with Crippen molar-refractivity contribution in [3.05, 3.63) is 47.5 Å². The summed E-state index contributed by atoms with van der Waals surface area (Å²) in [4.78, 5) is 26.0. The summed E-state index contributed by atoms with van der Waals surface area (Å²) in [5.41, 5.74) is 7.55. The lowest BCUT2D eigenvalue weighted by Gasteiger charge is -2.23. The molecule has 0 saturated heterocycles. The molecule has 2 unspecified atom stereocenters. The molecule has 1 saturated carbocycles. The fourth-order valence-corrected chi connectivity index (χ4v) is 3.33. The van der Waals surface area contributed by atoms with E-state index < -0.39 is 0 Å². The Morgan fingerprint density at radius 1 is 1.21 bits per heavy atom. The van der Waals surface area contributed by atoms with E-state index in [-0.39, 0.29) is 35.5 Å². The molecule has 1 aliphatic carbocycles. The molecule has 0 spiro atoms. The molecule has 4 nitrogen and oxygen atoms in total. The van der Waals surface area contributed by atoms with Crippen LogP contribution in [0.3, 0.4) is 0 Å². The van der Waals surface area contributed by atoms with E-state index >= 15 is 0 Å². The second-order valence-corrected chi connectivity index (χ2v) is 7.53. The number of hydrogen-bond donors (Lipinski definition) is 1. The number of nitrogens with two attached hydrogens (primary N) is 1. The summed E-state index contributed by atoms with van der Waals surface area (Å²) in [6.45, 7) is 9.27. The minimum atomic E-state index is -0.378. The molecule has 1 aromatic carbocycles. The van der Waals surface area contributed by atoms with Gasteiger partial charge in [-0.2, -0.15) is 0 Å². The minimum Gasteiger partial charge on any atom is -0.370 e. The monoisotopic (exact) mass is 328 g/mol. The van der Waals surface area contributed by atoms with Gasteiger partial charge in [-0.25, -0.2) is 0 Å². The Morgan fingerprint density at radius 2 is 1.83 bits per heavy atom. The molecular weight excluding hydrogens is 300 g/mol. The van der Waals surface area contributed by atoms with Gasteiger partial charge in [-0.05, 0) is 30.7 Å². The smallest absolute Gasteiger partial charge is 0.227 e. The summed E-state index contributed by atoms with van der Waals surface area (Å²) in [5.74, 6) is -0.0183. The first-order valence-electron chi connectivity index (χ1n) is 8.49. The van der Waals surface area contributed by atoms with Gasteiger partial charge < -0.3 is 10.6 Å². The average Bonchev–Trinajstić information content (AvgIpc) is 3.03. The van der Waals surface area contributed by atoms with Crippen molar-refractivity contribution in [1.82, 2.24) is 4.90 Å². The van der Waals surface area contributed by atoms with Gasteiger partial charge in [0.2, 0.25) is 11.8 Å². The molecule has 0 bridgehead atoms. The van der Waals surface area contributed by atoms with Crippen LogP contribution in [0.2, 0.25) is 0 Å². The number of primary amides is 1. The summed E-state index contributed by atoms with van der Waals surface area (Å²) in [6.07, 6.45) is 2.39. The first-order chi connectivity index (χ1) is 11.2. The number of benzene rings is 1. The van der Waals surface area contributed by atoms with Crippen LogP contribution >= 0.6 is 0 Å². The number of carbonyl (C=O) groups is 2. The first kappa shape index (κ1) is 18.2. The second-order valence-electron chi connectivity index (χ2n) is 7.53. The van der Waals surface area contributed by atoms with Crippen molar-refractivity contribution in [2.45, 2.75) is 40.7 Å². The molecular formula is C20H28N2O2. The predicted molar refractivity (Wildman–Crippen MR) is 95.9 cm³/mol. The van der Waals surface area contributed by atoms with E-state index in [1.165, 1.54) is 5.57 Å². The largest absolute Gasteiger partial charge is 0.370 e. The van der Waals surface area contributed by atoms with E-state index in [0.29, 0.717) is 13.1 Å². The lowest BCUT2D eigenvalue weighted by Crippen LogP contribution is -2.35. The number of hydrogen-bond acceptors (Lipinski definition) is 2. The van der Waals surface area contributed by atoms with Crippen molar-refractivity contribution >= 4 is 11.8 Å². The quantitative estimate of drug-likeness (QED) is 0.782. The highest BCUT2D eigenvalue weighted by molar-refractivity contribution is 5.84. The zero-order valence-corrected chi connectivity index (χ0v) is 15.1. The maximum atomic E-state index is 13.1. The highest BCUT2D eigenvalue weighted by atomic mass is 16.2. The SMILES string of the molecule is CC(C)=CC1C(C(=O)N(CCC(N)=O)Cc2ccccc2)C1(C)C. The molecule has 24 heavy (non-hydrogen) atoms. The van der Waals surface area contributed by atoms with E-state index in [1.54, 1.807) is 4.90 Å². The number of amides is 2. The normalized spacial score (nSPS) is 21.0. The molecule has 1 aliphatic rings. The summed E-state index contributed by atoms with van der Waals surface area (Å²) >= 11 is 0.